The van der Waals surface area contributed by atoms with Gasteiger partial charge in [-0.15, -0.1) is 0 Å². The maximum atomic E-state index is 14.0. The number of nitrogens with one attached hydrogen (secondary N) is 1. The number of imide groups is 1. The highest BCUT2D eigenvalue weighted by Gasteiger charge is 2.69. The van der Waals surface area contributed by atoms with Gasteiger partial charge in [0, 0.05) is 27.5 Å². The lowest BCUT2D eigenvalue weighted by Crippen LogP contribution is -2.57. The number of anilines is 1. The van der Waals surface area contributed by atoms with E-state index in [2.05, 4.69) is 21.2 Å². The molecule has 2 aliphatic heterocycles. The fourth-order valence-electron chi connectivity index (χ4n) is 5.55. The second-order valence-corrected chi connectivity index (χ2v) is 10.7. The monoisotopic (exact) mass is 582 g/mol. The quantitative estimate of drug-likeness (QED) is 0.400. The molecule has 37 heavy (non-hydrogen) atoms. The Morgan fingerprint density at radius 1 is 1.11 bits per heavy atom. The van der Waals surface area contributed by atoms with E-state index in [0.29, 0.717) is 22.0 Å². The average Bonchev–Trinajstić information content (AvgIpc) is 3.35. The van der Waals surface area contributed by atoms with Crippen LogP contribution in [-0.2, 0) is 20.8 Å². The number of nitrogens with zero attached hydrogens (tertiary/aromatic N) is 1. The molecule has 0 spiro atoms. The third-order valence-corrected chi connectivity index (χ3v) is 8.20. The molecular formula is C28H24BrClN2O5. The van der Waals surface area contributed by atoms with Crippen molar-refractivity contribution in [2.24, 2.45) is 11.8 Å². The smallest absolute Gasteiger partial charge is 0.325 e. The van der Waals surface area contributed by atoms with E-state index in [4.69, 9.17) is 16.3 Å². The van der Waals surface area contributed by atoms with Gasteiger partial charge < -0.3 is 9.84 Å². The number of ether oxygens (including phenoxy) is 1. The van der Waals surface area contributed by atoms with E-state index in [9.17, 15) is 19.5 Å². The first-order valence-corrected chi connectivity index (χ1v) is 12.9. The SMILES string of the molecule is COc1ccc(Br)cc1C1NC(Cc2ccccc2)(C(=O)O)C2C(=O)N(c3ccc(C)c(Cl)c3)C(=O)C12. The van der Waals surface area contributed by atoms with Crippen LogP contribution in [-0.4, -0.2) is 35.5 Å². The molecule has 0 aliphatic carbocycles. The fourth-order valence-corrected chi connectivity index (χ4v) is 6.10. The molecule has 0 bridgehead atoms. The van der Waals surface area contributed by atoms with Crippen molar-refractivity contribution in [2.75, 3.05) is 12.0 Å². The Hall–Kier alpha value is -3.20. The van der Waals surface area contributed by atoms with E-state index in [1.54, 1.807) is 36.4 Å². The van der Waals surface area contributed by atoms with Crippen LogP contribution in [0.15, 0.2) is 71.2 Å². The number of rotatable bonds is 6. The second kappa shape index (κ2) is 9.59. The van der Waals surface area contributed by atoms with Gasteiger partial charge in [-0.3, -0.25) is 19.7 Å². The standard InChI is InChI=1S/C28H24BrClN2O5/c1-15-8-10-18(13-20(15)30)32-25(33)22-23(26(32)34)28(27(35)36,14-16-6-4-3-5-7-16)31-24(22)19-12-17(29)9-11-21(19)37-2/h3-13,22-24,31H,14H2,1-2H3,(H,35,36). The number of benzene rings is 3. The zero-order valence-corrected chi connectivity index (χ0v) is 22.4. The maximum absolute atomic E-state index is 14.0. The molecule has 2 saturated heterocycles. The number of amides is 2. The largest absolute Gasteiger partial charge is 0.496 e. The number of methoxy groups -OCH3 is 1. The van der Waals surface area contributed by atoms with Crippen LogP contribution in [0.2, 0.25) is 5.02 Å². The first-order chi connectivity index (χ1) is 17.7. The summed E-state index contributed by atoms with van der Waals surface area (Å²) in [5.74, 6) is -3.91. The van der Waals surface area contributed by atoms with Gasteiger partial charge >= 0.3 is 5.97 Å². The highest BCUT2D eigenvalue weighted by molar-refractivity contribution is 9.10. The van der Waals surface area contributed by atoms with E-state index in [1.165, 1.54) is 7.11 Å². The van der Waals surface area contributed by atoms with Gasteiger partial charge in [-0.1, -0.05) is 63.9 Å². The van der Waals surface area contributed by atoms with Crippen molar-refractivity contribution in [3.05, 3.63) is 92.9 Å². The minimum Gasteiger partial charge on any atom is -0.496 e. The van der Waals surface area contributed by atoms with Crippen LogP contribution in [0.4, 0.5) is 5.69 Å². The normalized spacial score (nSPS) is 24.9. The minimum atomic E-state index is -1.74. The predicted molar refractivity (Wildman–Crippen MR) is 143 cm³/mol. The Morgan fingerprint density at radius 3 is 2.49 bits per heavy atom. The molecule has 0 aromatic heterocycles. The molecule has 7 nitrogen and oxygen atoms in total. The van der Waals surface area contributed by atoms with Crippen molar-refractivity contribution in [3.8, 4) is 5.75 Å². The molecular weight excluding hydrogens is 560 g/mol. The topological polar surface area (TPSA) is 95.9 Å². The molecule has 2 amide bonds. The van der Waals surface area contributed by atoms with Gasteiger partial charge in [-0.25, -0.2) is 4.90 Å². The second-order valence-electron chi connectivity index (χ2n) is 9.40. The number of aryl methyl sites for hydroxylation is 1. The molecule has 5 rings (SSSR count). The zero-order valence-electron chi connectivity index (χ0n) is 20.1. The molecule has 0 saturated carbocycles. The number of carboxylic acid groups (broad SMARTS) is 1. The van der Waals surface area contributed by atoms with Crippen LogP contribution in [0.1, 0.15) is 22.7 Å². The van der Waals surface area contributed by atoms with E-state index in [-0.39, 0.29) is 6.42 Å². The molecule has 2 aliphatic rings. The van der Waals surface area contributed by atoms with Crippen molar-refractivity contribution in [3.63, 3.8) is 0 Å². The highest BCUT2D eigenvalue weighted by atomic mass is 79.9. The first kappa shape index (κ1) is 25.4. The van der Waals surface area contributed by atoms with Crippen molar-refractivity contribution in [1.82, 2.24) is 5.32 Å². The summed E-state index contributed by atoms with van der Waals surface area (Å²) in [4.78, 5) is 42.2. The lowest BCUT2D eigenvalue weighted by atomic mass is 9.76. The molecule has 2 fully saturated rings. The summed E-state index contributed by atoms with van der Waals surface area (Å²) in [6.45, 7) is 1.82. The van der Waals surface area contributed by atoms with E-state index in [1.807, 2.05) is 37.3 Å². The van der Waals surface area contributed by atoms with Crippen LogP contribution >= 0.6 is 27.5 Å². The summed E-state index contributed by atoms with van der Waals surface area (Å²) in [7, 11) is 1.51. The number of hydrogen-bond acceptors (Lipinski definition) is 5. The van der Waals surface area contributed by atoms with Crippen LogP contribution in [0, 0.1) is 18.8 Å². The molecule has 2 heterocycles. The van der Waals surface area contributed by atoms with Crippen molar-refractivity contribution in [1.29, 1.82) is 0 Å². The van der Waals surface area contributed by atoms with Crippen LogP contribution < -0.4 is 15.0 Å². The maximum Gasteiger partial charge on any atom is 0.325 e. The average molecular weight is 584 g/mol. The van der Waals surface area contributed by atoms with E-state index < -0.39 is 41.2 Å². The number of fused-ring (bicyclic) bond motifs is 1. The van der Waals surface area contributed by atoms with Gasteiger partial charge in [0.15, 0.2) is 0 Å². The van der Waals surface area contributed by atoms with E-state index >= 15 is 0 Å². The van der Waals surface area contributed by atoms with Gasteiger partial charge in [-0.05, 0) is 48.4 Å². The summed E-state index contributed by atoms with van der Waals surface area (Å²) in [5.41, 5.74) is 0.703. The Bertz CT molecular complexity index is 1410. The summed E-state index contributed by atoms with van der Waals surface area (Å²) in [6, 6.07) is 18.6. The Balaban J connectivity index is 1.70. The molecule has 190 valence electrons. The third-order valence-electron chi connectivity index (χ3n) is 7.30. The highest BCUT2D eigenvalue weighted by Crippen LogP contribution is 2.52. The molecule has 3 aromatic carbocycles. The lowest BCUT2D eigenvalue weighted by molar-refractivity contribution is -0.148. The lowest BCUT2D eigenvalue weighted by Gasteiger charge is -2.31. The van der Waals surface area contributed by atoms with Gasteiger partial charge in [0.05, 0.1) is 24.6 Å². The zero-order chi connectivity index (χ0) is 26.5. The summed E-state index contributed by atoms with van der Waals surface area (Å²) < 4.78 is 6.31. The van der Waals surface area contributed by atoms with Crippen LogP contribution in [0.3, 0.4) is 0 Å². The Labute approximate surface area is 227 Å². The third kappa shape index (κ3) is 4.13. The summed E-state index contributed by atoms with van der Waals surface area (Å²) in [6.07, 6.45) is 0.0126. The summed E-state index contributed by atoms with van der Waals surface area (Å²) >= 11 is 9.80. The summed E-state index contributed by atoms with van der Waals surface area (Å²) in [5, 5.41) is 14.3. The van der Waals surface area contributed by atoms with Crippen molar-refractivity contribution < 1.29 is 24.2 Å². The number of carboxylic acids is 1. The number of carbonyl (C=O) groups excluding carboxylic acids is 2. The fraction of sp³-hybridized carbons (Fsp3) is 0.250. The number of aliphatic carboxylic acids is 1. The van der Waals surface area contributed by atoms with Gasteiger partial charge in [0.1, 0.15) is 11.3 Å². The molecule has 4 unspecified atom stereocenters. The molecule has 4 atom stereocenters. The van der Waals surface area contributed by atoms with Gasteiger partial charge in [0.2, 0.25) is 11.8 Å². The van der Waals surface area contributed by atoms with Crippen molar-refractivity contribution >= 4 is 51.0 Å². The Morgan fingerprint density at radius 2 is 1.84 bits per heavy atom. The van der Waals surface area contributed by atoms with E-state index in [0.717, 1.165) is 20.5 Å². The Kier molecular flexibility index (Phi) is 6.60. The minimum absolute atomic E-state index is 0.0126. The van der Waals surface area contributed by atoms with Crippen LogP contribution in [0.25, 0.3) is 0 Å². The first-order valence-electron chi connectivity index (χ1n) is 11.7. The van der Waals surface area contributed by atoms with Crippen LogP contribution in [0.5, 0.6) is 5.75 Å². The van der Waals surface area contributed by atoms with Gasteiger partial charge in [-0.2, -0.15) is 0 Å². The number of hydrogen-bond donors (Lipinski definition) is 2. The number of carbonyl (C=O) groups is 3. The van der Waals surface area contributed by atoms with Gasteiger partial charge in [0.25, 0.3) is 0 Å². The predicted octanol–water partition coefficient (Wildman–Crippen LogP) is 4.94. The van der Waals surface area contributed by atoms with Crippen molar-refractivity contribution in [2.45, 2.75) is 24.9 Å². The molecule has 9 heteroatoms. The number of halogens is 2. The molecule has 2 N–H and O–H groups in total. The molecule has 3 aromatic rings. The molecule has 0 radical (unpaired) electrons.